The zero-order chi connectivity index (χ0) is 83.6. The lowest BCUT2D eigenvalue weighted by atomic mass is 9.78. The number of hydrogen-bond donors (Lipinski definition) is 7. The first-order chi connectivity index (χ1) is 55.1. The van der Waals surface area contributed by atoms with Crippen LogP contribution in [0.4, 0.5) is 0 Å². The number of aliphatic hydroxyl groups excluding tert-OH is 2. The maximum Gasteiger partial charge on any atom is 0.494 e. The van der Waals surface area contributed by atoms with Gasteiger partial charge in [-0.05, 0) is 215 Å². The van der Waals surface area contributed by atoms with Crippen LogP contribution in [-0.4, -0.2) is 201 Å². The third-order valence-electron chi connectivity index (χ3n) is 21.7. The van der Waals surface area contributed by atoms with E-state index < -0.39 is 115 Å². The summed E-state index contributed by atoms with van der Waals surface area (Å²) in [6, 6.07) is 40.2. The van der Waals surface area contributed by atoms with E-state index in [0.29, 0.717) is 51.3 Å². The number of hydrogen-bond acceptors (Lipinski definition) is 23. The molecule has 6 fully saturated rings. The average molecular weight is 1640 g/mol. The Morgan fingerprint density at radius 2 is 0.905 bits per heavy atom. The molecule has 0 bridgehead atoms. The van der Waals surface area contributed by atoms with E-state index in [-0.39, 0.29) is 41.0 Å². The minimum Gasteiger partial charge on any atom is -0.489 e. The summed E-state index contributed by atoms with van der Waals surface area (Å²) in [5.41, 5.74) is 6.63. The number of rotatable bonds is 27. The molecule has 7 N–H and O–H groups in total. The number of nitrogens with one attached hydrogen (secondary N) is 2. The summed E-state index contributed by atoms with van der Waals surface area (Å²) in [5.74, 6) is -5.75. The molecule has 2 aliphatic carbocycles. The number of thiazole rings is 1. The first-order valence-corrected chi connectivity index (χ1v) is 40.4. The van der Waals surface area contributed by atoms with Crippen molar-refractivity contribution in [3.05, 3.63) is 201 Å². The predicted octanol–water partition coefficient (Wildman–Crippen LogP) is 9.70. The lowest BCUT2D eigenvalue weighted by Crippen LogP contribution is -2.48. The van der Waals surface area contributed by atoms with E-state index in [4.69, 9.17) is 61.1 Å². The molecular weight excluding hydrogens is 1550 g/mol. The number of halogens is 2. The smallest absolute Gasteiger partial charge is 0.489 e. The summed E-state index contributed by atoms with van der Waals surface area (Å²) in [6.45, 7) is 21.9. The largest absolute Gasteiger partial charge is 0.494 e. The van der Waals surface area contributed by atoms with Gasteiger partial charge in [-0.3, -0.25) is 28.8 Å². The van der Waals surface area contributed by atoms with Crippen LogP contribution in [0.2, 0.25) is 10.0 Å². The first-order valence-electron chi connectivity index (χ1n) is 38.8. The predicted molar refractivity (Wildman–Crippen MR) is 443 cm³/mol. The molecule has 7 aromatic carbocycles. The number of amides is 2. The second-order valence-electron chi connectivity index (χ2n) is 31.4. The molecular formula is C85H96B3Cl2N5O20S. The van der Waals surface area contributed by atoms with E-state index >= 15 is 0 Å². The van der Waals surface area contributed by atoms with Crippen molar-refractivity contribution in [1.82, 2.24) is 25.4 Å². The van der Waals surface area contributed by atoms with E-state index in [1.165, 1.54) is 36.4 Å². The fourth-order valence-electron chi connectivity index (χ4n) is 13.1. The second kappa shape index (κ2) is 38.1. The normalized spacial score (nSPS) is 18.1. The number of carbonyl (C=O) groups excluding carboxylic acids is 7. The number of carbonyl (C=O) groups is 8. The third kappa shape index (κ3) is 22.4. The standard InChI is InChI=1S/C31H30ClN3O4S.C24H28BClN2O6.C16H21BO5.C14H17BO5/c32-24-15-22(7-11-27(24)39-23-9-10-23)29(36)26(17-35-13-1-2-14-35)34-31(38)30(37)20-5-3-19(4-6-20)21-8-12-28-25(16-21)33-18-40-28;26-19-13-16(5-10-21(19)34-18-8-9-18)22(29)20(14-28-11-1-2-12-28)27-24(31)23(30)15-3-6-17(7-4-15)25(32)33;1-6-20-14(19)13(18)11-7-9-12(10-8-11)17-21-15(2,3)16(4,5)22-17;1-13(2)14(3,4)20-15(19-13)10-7-5-9(6-8-10)11(16)12(17)18/h3-8,11-12,15-16,18,23,26,29,36H,1-2,9-10,13-14,17H2,(H,34,38);3-7,10,13,18,20,22,29,32-33H,1-2,8-9,11-12,14H2,(H,27,31);7-10H,6H2,1-5H3;5-8H,1-4H3,(H,17,18)/t26-,29-;20-,22-;;/m11../s1. The van der Waals surface area contributed by atoms with Gasteiger partial charge in [0.25, 0.3) is 23.4 Å². The van der Waals surface area contributed by atoms with Crippen LogP contribution in [-0.2, 0) is 42.5 Å². The fraction of sp³-hybridized carbons (Fsp3) is 0.400. The lowest BCUT2D eigenvalue weighted by molar-refractivity contribution is -0.137. The number of likely N-dealkylation sites (tertiary alicyclic amines) is 2. The van der Waals surface area contributed by atoms with E-state index in [2.05, 4.69) is 25.4 Å². The molecule has 14 rings (SSSR count). The molecule has 610 valence electrons. The molecule has 2 amide bonds. The number of Topliss-reactive ketones (excluding diaryl/α,β-unsaturated/α-hetero) is 4. The molecule has 2 saturated carbocycles. The number of nitrogens with zero attached hydrogens (tertiary/aromatic N) is 3. The number of carboxylic acids is 1. The highest BCUT2D eigenvalue weighted by molar-refractivity contribution is 7.16. The molecule has 116 heavy (non-hydrogen) atoms. The highest BCUT2D eigenvalue weighted by atomic mass is 35.5. The van der Waals surface area contributed by atoms with Crippen molar-refractivity contribution in [2.24, 2.45) is 0 Å². The first kappa shape index (κ1) is 87.8. The minimum atomic E-state index is -1.66. The Morgan fingerprint density at radius 3 is 1.28 bits per heavy atom. The van der Waals surface area contributed by atoms with Crippen LogP contribution >= 0.6 is 34.5 Å². The molecule has 0 spiro atoms. The Morgan fingerprint density at radius 1 is 0.526 bits per heavy atom. The number of ether oxygens (including phenoxy) is 3. The summed E-state index contributed by atoms with van der Waals surface area (Å²) in [6.07, 6.45) is 6.51. The van der Waals surface area contributed by atoms with Gasteiger partial charge in [0.15, 0.2) is 0 Å². The van der Waals surface area contributed by atoms with Gasteiger partial charge in [-0.2, -0.15) is 0 Å². The van der Waals surface area contributed by atoms with E-state index in [0.717, 1.165) is 110 Å². The molecule has 25 nitrogen and oxygen atoms in total. The molecule has 4 atom stereocenters. The molecule has 1 aromatic heterocycles. The van der Waals surface area contributed by atoms with Gasteiger partial charge in [-0.1, -0.05) is 138 Å². The quantitative estimate of drug-likeness (QED) is 0.0109. The van der Waals surface area contributed by atoms with Crippen molar-refractivity contribution >= 4 is 129 Å². The summed E-state index contributed by atoms with van der Waals surface area (Å²) in [7, 11) is -2.67. The van der Waals surface area contributed by atoms with Gasteiger partial charge >= 0.3 is 33.3 Å². The Bertz CT molecular complexity index is 4810. The van der Waals surface area contributed by atoms with E-state index in [9.17, 15) is 58.6 Å². The van der Waals surface area contributed by atoms with Crippen LogP contribution in [0.1, 0.15) is 178 Å². The fourth-order valence-corrected chi connectivity index (χ4v) is 14.2. The third-order valence-corrected chi connectivity index (χ3v) is 23.1. The Balaban J connectivity index is 0.000000158. The highest BCUT2D eigenvalue weighted by Gasteiger charge is 2.53. The monoisotopic (exact) mass is 1640 g/mol. The Kier molecular flexibility index (Phi) is 28.9. The average Bonchev–Trinajstić information content (AvgIpc) is 1.62. The van der Waals surface area contributed by atoms with Gasteiger partial charge in [0.05, 0.1) is 79.1 Å². The number of aliphatic hydroxyl groups is 2. The summed E-state index contributed by atoms with van der Waals surface area (Å²) in [5, 5.41) is 55.9. The molecule has 5 heterocycles. The summed E-state index contributed by atoms with van der Waals surface area (Å²) >= 11 is 14.4. The summed E-state index contributed by atoms with van der Waals surface area (Å²) in [4.78, 5) is 106. The SMILES string of the molecule is CC1(C)OB(c2ccc(C(=O)C(=O)O)cc2)OC1(C)C.CCOC(=O)C(=O)c1ccc(B2OC(C)(C)C(C)(C)O2)cc1.O=C(N[C@H](CN1CCCC1)[C@H](O)c1ccc(OC2CC2)c(Cl)c1)C(=O)c1ccc(-c2ccc3scnc3c2)cc1.O=C(N[C@H](CN1CCCC1)[C@H](O)c1ccc(OC2CC2)c(Cl)c1)C(=O)c1ccc(B(O)O)cc1. The van der Waals surface area contributed by atoms with Gasteiger partial charge in [0, 0.05) is 35.3 Å². The number of aliphatic carboxylic acids is 1. The molecule has 6 aliphatic rings. The van der Waals surface area contributed by atoms with Gasteiger partial charge in [0.1, 0.15) is 23.7 Å². The molecule has 8 aromatic rings. The second-order valence-corrected chi connectivity index (χ2v) is 33.2. The number of esters is 1. The number of ketones is 4. The highest BCUT2D eigenvalue weighted by Crippen LogP contribution is 2.40. The Labute approximate surface area is 689 Å². The summed E-state index contributed by atoms with van der Waals surface area (Å²) < 4.78 is 41.0. The van der Waals surface area contributed by atoms with Crippen LogP contribution in [0.3, 0.4) is 0 Å². The van der Waals surface area contributed by atoms with Crippen molar-refractivity contribution in [3.63, 3.8) is 0 Å². The number of benzene rings is 7. The van der Waals surface area contributed by atoms with Crippen molar-refractivity contribution in [2.45, 2.75) is 173 Å². The van der Waals surface area contributed by atoms with E-state index in [1.807, 2.05) is 91.2 Å². The molecule has 31 heteroatoms. The van der Waals surface area contributed by atoms with Crippen molar-refractivity contribution in [3.8, 4) is 22.6 Å². The van der Waals surface area contributed by atoms with Crippen LogP contribution in [0, 0.1) is 0 Å². The molecule has 4 aliphatic heterocycles. The van der Waals surface area contributed by atoms with Crippen LogP contribution < -0.4 is 36.5 Å². The maximum atomic E-state index is 13.1. The molecule has 0 unspecified atom stereocenters. The van der Waals surface area contributed by atoms with Crippen LogP contribution in [0.15, 0.2) is 157 Å². The van der Waals surface area contributed by atoms with Crippen molar-refractivity contribution in [2.75, 3.05) is 45.9 Å². The van der Waals surface area contributed by atoms with Crippen LogP contribution in [0.5, 0.6) is 11.5 Å². The zero-order valence-corrected chi connectivity index (χ0v) is 68.5. The molecule has 0 radical (unpaired) electrons. The maximum absolute atomic E-state index is 13.1. The van der Waals surface area contributed by atoms with Crippen molar-refractivity contribution in [1.29, 1.82) is 0 Å². The number of aromatic nitrogens is 1. The molecule has 4 saturated heterocycles. The Hall–Kier alpha value is -9.04. The minimum absolute atomic E-state index is 0.112. The van der Waals surface area contributed by atoms with Crippen LogP contribution in [0.25, 0.3) is 21.3 Å². The lowest BCUT2D eigenvalue weighted by Gasteiger charge is -2.32. The zero-order valence-electron chi connectivity index (χ0n) is 66.2. The number of carboxylic acid groups (broad SMARTS) is 1. The topological polar surface area (TPSA) is 346 Å². The van der Waals surface area contributed by atoms with E-state index in [1.54, 1.807) is 103 Å². The van der Waals surface area contributed by atoms with Gasteiger partial charge in [-0.25, -0.2) is 14.6 Å². The van der Waals surface area contributed by atoms with Gasteiger partial charge in [-0.15, -0.1) is 11.3 Å². The number of fused-ring (bicyclic) bond motifs is 1. The van der Waals surface area contributed by atoms with Gasteiger partial charge < -0.3 is 78.6 Å². The van der Waals surface area contributed by atoms with Gasteiger partial charge in [0.2, 0.25) is 11.6 Å². The van der Waals surface area contributed by atoms with Crippen molar-refractivity contribution < 1.29 is 96.6 Å².